The number of carbonyl (C=O) groups excluding carboxylic acids is 2. The second-order valence-corrected chi connectivity index (χ2v) is 10.3. The first-order valence-corrected chi connectivity index (χ1v) is 12.8. The zero-order valence-electron chi connectivity index (χ0n) is 20.5. The molecule has 0 radical (unpaired) electrons. The fraction of sp³-hybridized carbons (Fsp3) is 0.500. The van der Waals surface area contributed by atoms with Crippen LogP contribution in [0.1, 0.15) is 37.3 Å². The minimum absolute atomic E-state index is 0.0480. The van der Waals surface area contributed by atoms with E-state index in [0.717, 1.165) is 50.4 Å². The van der Waals surface area contributed by atoms with E-state index in [1.807, 2.05) is 43.5 Å². The van der Waals surface area contributed by atoms with Crippen LogP contribution in [-0.2, 0) is 9.53 Å². The number of piperidine rings is 1. The van der Waals surface area contributed by atoms with Crippen LogP contribution in [-0.4, -0.2) is 66.8 Å². The minimum atomic E-state index is -1.36. The second kappa shape index (κ2) is 10.5. The third-order valence-electron chi connectivity index (χ3n) is 7.61. The summed E-state index contributed by atoms with van der Waals surface area (Å²) in [6.07, 6.45) is 6.66. The van der Waals surface area contributed by atoms with Crippen molar-refractivity contribution in [3.05, 3.63) is 71.6 Å². The highest BCUT2D eigenvalue weighted by molar-refractivity contribution is 5.87. The van der Waals surface area contributed by atoms with Crippen molar-refractivity contribution in [3.63, 3.8) is 0 Å². The Balaban J connectivity index is 1.33. The average molecular weight is 498 g/mol. The number of amides is 2. The summed E-state index contributed by atoms with van der Waals surface area (Å²) in [6, 6.07) is 8.38. The monoisotopic (exact) mass is 497 g/mol. The molecule has 0 spiro atoms. The summed E-state index contributed by atoms with van der Waals surface area (Å²) < 4.78 is 34.3. The largest absolute Gasteiger partial charge is 0.446 e. The van der Waals surface area contributed by atoms with E-state index < -0.39 is 36.1 Å². The van der Waals surface area contributed by atoms with Crippen molar-refractivity contribution in [2.45, 2.75) is 50.0 Å². The van der Waals surface area contributed by atoms with Gasteiger partial charge in [-0.25, -0.2) is 13.6 Å². The number of carbonyl (C=O) groups is 2. The van der Waals surface area contributed by atoms with Crippen LogP contribution in [0.2, 0.25) is 0 Å². The predicted molar refractivity (Wildman–Crippen MR) is 132 cm³/mol. The van der Waals surface area contributed by atoms with Crippen LogP contribution in [0.4, 0.5) is 13.6 Å². The van der Waals surface area contributed by atoms with Gasteiger partial charge in [0.1, 0.15) is 24.1 Å². The summed E-state index contributed by atoms with van der Waals surface area (Å²) in [4.78, 5) is 30.5. The van der Waals surface area contributed by atoms with E-state index in [4.69, 9.17) is 4.74 Å². The van der Waals surface area contributed by atoms with Crippen molar-refractivity contribution in [2.75, 3.05) is 26.7 Å². The number of nitrogens with zero attached hydrogens (tertiary/aromatic N) is 2. The van der Waals surface area contributed by atoms with Gasteiger partial charge in [-0.05, 0) is 68.0 Å². The molecule has 1 aromatic carbocycles. The van der Waals surface area contributed by atoms with Gasteiger partial charge in [0.2, 0.25) is 5.91 Å². The van der Waals surface area contributed by atoms with Gasteiger partial charge in [-0.1, -0.05) is 36.4 Å². The standard InChI is InChI=1S/C28H33F2N3O3/c1-32-13-11-22(12-14-32)36-28(35)31-26(19-7-8-19)27(34)33-17-20(23-16-21(29)9-10-24(23)30)15-25(33)18-5-3-2-4-6-18/h2-6,9-10,15-16,19,22-26H,7-8,11-14,17H2,1H3,(H,31,35)/t23?,24?,25-,26-/m0/s1. The van der Waals surface area contributed by atoms with Crippen molar-refractivity contribution >= 4 is 12.0 Å². The molecule has 4 aliphatic rings. The van der Waals surface area contributed by atoms with Crippen LogP contribution in [0.15, 0.2) is 66.0 Å². The van der Waals surface area contributed by atoms with Crippen molar-refractivity contribution in [2.24, 2.45) is 11.8 Å². The van der Waals surface area contributed by atoms with E-state index in [-0.39, 0.29) is 24.5 Å². The molecular formula is C28H33F2N3O3. The van der Waals surface area contributed by atoms with Gasteiger partial charge in [0.25, 0.3) is 0 Å². The zero-order chi connectivity index (χ0) is 25.2. The maximum Gasteiger partial charge on any atom is 0.408 e. The maximum atomic E-state index is 14.7. The summed E-state index contributed by atoms with van der Waals surface area (Å²) in [5, 5.41) is 2.85. The predicted octanol–water partition coefficient (Wildman–Crippen LogP) is 4.47. The number of ether oxygens (including phenoxy) is 1. The Morgan fingerprint density at radius 2 is 1.81 bits per heavy atom. The molecule has 1 aromatic rings. The average Bonchev–Trinajstić information content (AvgIpc) is 3.63. The Morgan fingerprint density at radius 3 is 2.50 bits per heavy atom. The number of halogens is 2. The van der Waals surface area contributed by atoms with Gasteiger partial charge < -0.3 is 19.9 Å². The van der Waals surface area contributed by atoms with Crippen LogP contribution in [0, 0.1) is 11.8 Å². The fourth-order valence-electron chi connectivity index (χ4n) is 5.34. The molecule has 2 unspecified atom stereocenters. The number of benzene rings is 1. The molecule has 2 aliphatic carbocycles. The SMILES string of the molecule is CN1CCC(OC(=O)N[C@H](C(=O)N2CC(C3C=C(F)C=CC3F)=C[C@H]2c2ccccc2)C2CC2)CC1. The van der Waals surface area contributed by atoms with Crippen LogP contribution < -0.4 is 5.32 Å². The summed E-state index contributed by atoms with van der Waals surface area (Å²) in [5.41, 5.74) is 1.54. The third-order valence-corrected chi connectivity index (χ3v) is 7.61. The number of likely N-dealkylation sites (tertiary alicyclic amines) is 1. The van der Waals surface area contributed by atoms with E-state index in [9.17, 15) is 18.4 Å². The highest BCUT2D eigenvalue weighted by Crippen LogP contribution is 2.40. The number of hydrogen-bond acceptors (Lipinski definition) is 4. The number of alkyl halides is 1. The number of nitrogens with one attached hydrogen (secondary N) is 1. The lowest BCUT2D eigenvalue weighted by atomic mass is 9.90. The molecule has 6 nitrogen and oxygen atoms in total. The van der Waals surface area contributed by atoms with Crippen LogP contribution in [0.5, 0.6) is 0 Å². The summed E-state index contributed by atoms with van der Waals surface area (Å²) in [6.45, 7) is 1.91. The zero-order valence-corrected chi connectivity index (χ0v) is 20.5. The molecule has 4 atom stereocenters. The first kappa shape index (κ1) is 24.7. The van der Waals surface area contributed by atoms with Crippen LogP contribution in [0.25, 0.3) is 0 Å². The van der Waals surface area contributed by atoms with Crippen LogP contribution in [0.3, 0.4) is 0 Å². The fourth-order valence-corrected chi connectivity index (χ4v) is 5.34. The summed E-state index contributed by atoms with van der Waals surface area (Å²) in [7, 11) is 2.04. The molecule has 0 bridgehead atoms. The molecule has 2 heterocycles. The van der Waals surface area contributed by atoms with Gasteiger partial charge in [0.05, 0.1) is 6.04 Å². The Labute approximate surface area is 210 Å². The van der Waals surface area contributed by atoms with Gasteiger partial charge in [-0.15, -0.1) is 0 Å². The van der Waals surface area contributed by atoms with Crippen molar-refractivity contribution in [1.29, 1.82) is 0 Å². The summed E-state index contributed by atoms with van der Waals surface area (Å²) >= 11 is 0. The minimum Gasteiger partial charge on any atom is -0.446 e. The van der Waals surface area contributed by atoms with Gasteiger partial charge >= 0.3 is 6.09 Å². The molecule has 8 heteroatoms. The Bertz CT molecular complexity index is 1060. The second-order valence-electron chi connectivity index (χ2n) is 10.3. The number of rotatable bonds is 6. The number of hydrogen-bond donors (Lipinski definition) is 1. The normalized spacial score (nSPS) is 27.9. The van der Waals surface area contributed by atoms with Gasteiger partial charge in [0, 0.05) is 25.6 Å². The molecular weight excluding hydrogens is 464 g/mol. The van der Waals surface area contributed by atoms with Crippen LogP contribution >= 0.6 is 0 Å². The first-order valence-electron chi connectivity index (χ1n) is 12.8. The maximum absolute atomic E-state index is 14.7. The van der Waals surface area contributed by atoms with E-state index in [2.05, 4.69) is 10.2 Å². The molecule has 36 heavy (non-hydrogen) atoms. The quantitative estimate of drug-likeness (QED) is 0.589. The Kier molecular flexibility index (Phi) is 7.23. The molecule has 0 aromatic heterocycles. The molecule has 1 N–H and O–H groups in total. The number of alkyl carbamates (subject to hydrolysis) is 1. The lowest BCUT2D eigenvalue weighted by Gasteiger charge is -2.31. The molecule has 1 saturated heterocycles. The molecule has 2 fully saturated rings. The van der Waals surface area contributed by atoms with E-state index in [1.165, 1.54) is 12.2 Å². The molecule has 192 valence electrons. The molecule has 1 saturated carbocycles. The lowest BCUT2D eigenvalue weighted by molar-refractivity contribution is -0.134. The first-order chi connectivity index (χ1) is 17.4. The smallest absolute Gasteiger partial charge is 0.408 e. The topological polar surface area (TPSA) is 61.9 Å². The van der Waals surface area contributed by atoms with Crippen molar-refractivity contribution in [3.8, 4) is 0 Å². The molecule has 2 amide bonds. The molecule has 2 aliphatic heterocycles. The van der Waals surface area contributed by atoms with Gasteiger partial charge in [0.15, 0.2) is 0 Å². The van der Waals surface area contributed by atoms with E-state index in [0.29, 0.717) is 5.57 Å². The number of allylic oxidation sites excluding steroid dienone is 4. The molecule has 5 rings (SSSR count). The van der Waals surface area contributed by atoms with E-state index >= 15 is 0 Å². The van der Waals surface area contributed by atoms with Gasteiger partial charge in [-0.2, -0.15) is 0 Å². The Hall–Kier alpha value is -3.00. The Morgan fingerprint density at radius 1 is 1.08 bits per heavy atom. The summed E-state index contributed by atoms with van der Waals surface area (Å²) in [5.74, 6) is -1.42. The van der Waals surface area contributed by atoms with E-state index in [1.54, 1.807) is 4.90 Å². The highest BCUT2D eigenvalue weighted by atomic mass is 19.1. The highest BCUT2D eigenvalue weighted by Gasteiger charge is 2.44. The van der Waals surface area contributed by atoms with Crippen molar-refractivity contribution in [1.82, 2.24) is 15.1 Å². The lowest BCUT2D eigenvalue weighted by Crippen LogP contribution is -2.51. The van der Waals surface area contributed by atoms with Gasteiger partial charge in [-0.3, -0.25) is 4.79 Å². The third kappa shape index (κ3) is 5.53. The van der Waals surface area contributed by atoms with Crippen molar-refractivity contribution < 1.29 is 23.1 Å².